The Morgan fingerprint density at radius 2 is 1.65 bits per heavy atom. The number of nitrogens with two attached hydrogens (primary N) is 1. The molecule has 1 aliphatic rings. The first-order valence-corrected chi connectivity index (χ1v) is 7.88. The molecule has 120 valence electrons. The Morgan fingerprint density at radius 1 is 1.04 bits per heavy atom. The molecule has 1 fully saturated rings. The summed E-state index contributed by atoms with van der Waals surface area (Å²) in [6.07, 6.45) is 0.437. The molecule has 3 rings (SSSR count). The number of carbonyl (C=O) groups is 1. The van der Waals surface area contributed by atoms with Crippen molar-refractivity contribution >= 4 is 5.97 Å². The van der Waals surface area contributed by atoms with Gasteiger partial charge in [-0.2, -0.15) is 0 Å². The minimum atomic E-state index is -0.310. The number of ether oxygens (including phenoxy) is 2. The van der Waals surface area contributed by atoms with E-state index in [1.54, 1.807) is 0 Å². The van der Waals surface area contributed by atoms with Crippen LogP contribution in [-0.2, 0) is 27.3 Å². The molecule has 3 atom stereocenters. The number of epoxide rings is 1. The second-order valence-corrected chi connectivity index (χ2v) is 5.76. The van der Waals surface area contributed by atoms with Gasteiger partial charge in [0.15, 0.2) is 0 Å². The number of benzene rings is 2. The summed E-state index contributed by atoms with van der Waals surface area (Å²) < 4.78 is 11.0. The van der Waals surface area contributed by atoms with Crippen LogP contribution in [0.25, 0.3) is 0 Å². The lowest BCUT2D eigenvalue weighted by molar-refractivity contribution is -0.150. The van der Waals surface area contributed by atoms with Crippen molar-refractivity contribution in [1.82, 2.24) is 0 Å². The highest BCUT2D eigenvalue weighted by molar-refractivity contribution is 5.74. The number of hydrogen-bond acceptors (Lipinski definition) is 4. The van der Waals surface area contributed by atoms with E-state index in [2.05, 4.69) is 0 Å². The number of esters is 1. The van der Waals surface area contributed by atoms with Crippen LogP contribution < -0.4 is 5.73 Å². The summed E-state index contributed by atoms with van der Waals surface area (Å²) in [7, 11) is 0. The van der Waals surface area contributed by atoms with Crippen molar-refractivity contribution in [3.8, 4) is 0 Å². The monoisotopic (exact) mass is 311 g/mol. The van der Waals surface area contributed by atoms with Crippen molar-refractivity contribution in [3.63, 3.8) is 0 Å². The predicted molar refractivity (Wildman–Crippen MR) is 87.6 cm³/mol. The molecular weight excluding hydrogens is 290 g/mol. The lowest BCUT2D eigenvalue weighted by Gasteiger charge is -2.14. The van der Waals surface area contributed by atoms with Crippen molar-refractivity contribution in [1.29, 1.82) is 0 Å². The van der Waals surface area contributed by atoms with E-state index in [4.69, 9.17) is 15.2 Å². The smallest absolute Gasteiger partial charge is 0.312 e. The summed E-state index contributed by atoms with van der Waals surface area (Å²) in [6, 6.07) is 19.6. The van der Waals surface area contributed by atoms with Gasteiger partial charge in [-0.05, 0) is 17.5 Å². The average Bonchev–Trinajstić information content (AvgIpc) is 3.39. The summed E-state index contributed by atoms with van der Waals surface area (Å²) >= 11 is 0. The third kappa shape index (κ3) is 4.18. The Balaban J connectivity index is 1.64. The Hall–Kier alpha value is -2.17. The summed E-state index contributed by atoms with van der Waals surface area (Å²) in [4.78, 5) is 12.5. The van der Waals surface area contributed by atoms with Crippen LogP contribution in [0.15, 0.2) is 60.7 Å². The van der Waals surface area contributed by atoms with E-state index in [1.807, 2.05) is 60.7 Å². The normalized spacial score (nSPS) is 20.7. The quantitative estimate of drug-likeness (QED) is 0.629. The molecule has 1 heterocycles. The van der Waals surface area contributed by atoms with Crippen molar-refractivity contribution in [3.05, 3.63) is 71.8 Å². The first kappa shape index (κ1) is 15.7. The lowest BCUT2D eigenvalue weighted by Crippen LogP contribution is -2.27. The maximum Gasteiger partial charge on any atom is 0.312 e. The van der Waals surface area contributed by atoms with Crippen LogP contribution in [0, 0.1) is 5.92 Å². The summed E-state index contributed by atoms with van der Waals surface area (Å²) in [5.74, 6) is -0.534. The van der Waals surface area contributed by atoms with Gasteiger partial charge in [-0.1, -0.05) is 60.7 Å². The van der Waals surface area contributed by atoms with Crippen molar-refractivity contribution in [2.45, 2.75) is 25.2 Å². The van der Waals surface area contributed by atoms with Gasteiger partial charge in [0.25, 0.3) is 0 Å². The maximum atomic E-state index is 12.5. The van der Waals surface area contributed by atoms with Gasteiger partial charge in [0.1, 0.15) is 6.61 Å². The molecule has 4 nitrogen and oxygen atoms in total. The molecule has 2 aromatic carbocycles. The largest absolute Gasteiger partial charge is 0.461 e. The van der Waals surface area contributed by atoms with Gasteiger partial charge in [-0.25, -0.2) is 0 Å². The molecular formula is C19H21NO3. The van der Waals surface area contributed by atoms with Crippen LogP contribution in [0.5, 0.6) is 0 Å². The van der Waals surface area contributed by atoms with E-state index < -0.39 is 0 Å². The van der Waals surface area contributed by atoms with Gasteiger partial charge in [-0.15, -0.1) is 0 Å². The van der Waals surface area contributed by atoms with E-state index >= 15 is 0 Å². The zero-order valence-electron chi connectivity index (χ0n) is 12.9. The lowest BCUT2D eigenvalue weighted by atomic mass is 9.94. The fourth-order valence-electron chi connectivity index (χ4n) is 2.74. The minimum absolute atomic E-state index is 0.0343. The van der Waals surface area contributed by atoms with Gasteiger partial charge >= 0.3 is 5.97 Å². The zero-order valence-corrected chi connectivity index (χ0v) is 12.9. The second-order valence-electron chi connectivity index (χ2n) is 5.76. The van der Waals surface area contributed by atoms with Gasteiger partial charge in [0.05, 0.1) is 18.1 Å². The highest BCUT2D eigenvalue weighted by Gasteiger charge is 2.47. The SMILES string of the molecule is NCC1OC1[C@H](Cc1ccccc1)C(=O)OCc1ccccc1. The third-order valence-electron chi connectivity index (χ3n) is 4.08. The molecule has 1 saturated heterocycles. The highest BCUT2D eigenvalue weighted by atomic mass is 16.6. The molecule has 0 amide bonds. The number of hydrogen-bond donors (Lipinski definition) is 1. The van der Waals surface area contributed by atoms with Crippen molar-refractivity contribution in [2.24, 2.45) is 11.7 Å². The van der Waals surface area contributed by atoms with Crippen LogP contribution in [0.3, 0.4) is 0 Å². The number of carbonyl (C=O) groups excluding carboxylic acids is 1. The van der Waals surface area contributed by atoms with Crippen LogP contribution >= 0.6 is 0 Å². The Bertz CT molecular complexity index is 630. The first-order chi connectivity index (χ1) is 11.3. The average molecular weight is 311 g/mol. The molecule has 0 spiro atoms. The Labute approximate surface area is 136 Å². The molecule has 0 bridgehead atoms. The fraction of sp³-hybridized carbons (Fsp3) is 0.316. The molecule has 23 heavy (non-hydrogen) atoms. The zero-order chi connectivity index (χ0) is 16.1. The molecule has 2 unspecified atom stereocenters. The maximum absolute atomic E-state index is 12.5. The molecule has 4 heteroatoms. The molecule has 0 radical (unpaired) electrons. The van der Waals surface area contributed by atoms with Gasteiger partial charge in [-0.3, -0.25) is 4.79 Å². The van der Waals surface area contributed by atoms with Crippen LogP contribution in [0.1, 0.15) is 11.1 Å². The summed E-state index contributed by atoms with van der Waals surface area (Å²) in [5.41, 5.74) is 7.72. The topological polar surface area (TPSA) is 64.8 Å². The van der Waals surface area contributed by atoms with E-state index in [0.29, 0.717) is 13.0 Å². The summed E-state index contributed by atoms with van der Waals surface area (Å²) in [6.45, 7) is 0.715. The second kappa shape index (κ2) is 7.40. The Kier molecular flexibility index (Phi) is 5.05. The third-order valence-corrected chi connectivity index (χ3v) is 4.08. The van der Waals surface area contributed by atoms with E-state index in [0.717, 1.165) is 11.1 Å². The fourth-order valence-corrected chi connectivity index (χ4v) is 2.74. The van der Waals surface area contributed by atoms with Gasteiger partial charge in [0.2, 0.25) is 0 Å². The standard InChI is InChI=1S/C19H21NO3/c20-12-17-18(23-17)16(11-14-7-3-1-4-8-14)19(21)22-13-15-9-5-2-6-10-15/h1-10,16-18H,11-13,20H2/t16-,17?,18?/m0/s1. The van der Waals surface area contributed by atoms with Crippen LogP contribution in [0.4, 0.5) is 0 Å². The van der Waals surface area contributed by atoms with Gasteiger partial charge < -0.3 is 15.2 Å². The van der Waals surface area contributed by atoms with E-state index in [-0.39, 0.29) is 30.7 Å². The summed E-state index contributed by atoms with van der Waals surface area (Å²) in [5, 5.41) is 0. The molecule has 0 aliphatic carbocycles. The van der Waals surface area contributed by atoms with Crippen molar-refractivity contribution in [2.75, 3.05) is 6.54 Å². The Morgan fingerprint density at radius 3 is 2.22 bits per heavy atom. The molecule has 0 saturated carbocycles. The molecule has 0 aromatic heterocycles. The number of rotatable bonds is 7. The molecule has 1 aliphatic heterocycles. The molecule has 2 aromatic rings. The van der Waals surface area contributed by atoms with E-state index in [9.17, 15) is 4.79 Å². The van der Waals surface area contributed by atoms with Crippen LogP contribution in [0.2, 0.25) is 0 Å². The predicted octanol–water partition coefficient (Wildman–Crippen LogP) is 2.31. The van der Waals surface area contributed by atoms with Crippen molar-refractivity contribution < 1.29 is 14.3 Å². The molecule has 2 N–H and O–H groups in total. The van der Waals surface area contributed by atoms with Crippen LogP contribution in [-0.4, -0.2) is 24.7 Å². The minimum Gasteiger partial charge on any atom is -0.461 e. The van der Waals surface area contributed by atoms with E-state index in [1.165, 1.54) is 0 Å². The highest BCUT2D eigenvalue weighted by Crippen LogP contribution is 2.32. The van der Waals surface area contributed by atoms with Gasteiger partial charge in [0, 0.05) is 6.54 Å². The first-order valence-electron chi connectivity index (χ1n) is 7.88.